The van der Waals surface area contributed by atoms with E-state index in [0.717, 1.165) is 47.7 Å². The second kappa shape index (κ2) is 7.09. The highest BCUT2D eigenvalue weighted by atomic mass is 32.1. The summed E-state index contributed by atoms with van der Waals surface area (Å²) in [6, 6.07) is 6.79. The summed E-state index contributed by atoms with van der Waals surface area (Å²) in [6.07, 6.45) is 7.29. The molecule has 168 valence electrons. The maximum atomic E-state index is 14.3. The minimum absolute atomic E-state index is 0.00502. The van der Waals surface area contributed by atoms with Crippen molar-refractivity contribution in [3.63, 3.8) is 0 Å². The first-order valence-electron chi connectivity index (χ1n) is 11.6. The summed E-state index contributed by atoms with van der Waals surface area (Å²) >= 11 is 1.50. The molecule has 0 radical (unpaired) electrons. The fourth-order valence-electron chi connectivity index (χ4n) is 6.24. The molecule has 6 rings (SSSR count). The number of carbonyl (C=O) groups excluding carboxylic acids is 1. The van der Waals surface area contributed by atoms with Gasteiger partial charge in [-0.3, -0.25) is 9.69 Å². The zero-order chi connectivity index (χ0) is 22.1. The Morgan fingerprint density at radius 2 is 2.00 bits per heavy atom. The number of fused-ring (bicyclic) bond motifs is 3. The van der Waals surface area contributed by atoms with Crippen LogP contribution in [-0.2, 0) is 28.0 Å². The number of hydrogen-bond acceptors (Lipinski definition) is 7. The fraction of sp³-hybridized carbons (Fsp3) is 0.583. The number of aliphatic imine (C=N–C) groups is 1. The Balaban J connectivity index is 1.45. The summed E-state index contributed by atoms with van der Waals surface area (Å²) in [4.78, 5) is 21.0. The van der Waals surface area contributed by atoms with Crippen LogP contribution in [0.1, 0.15) is 71.1 Å². The molecule has 32 heavy (non-hydrogen) atoms. The number of benzene rings is 1. The first-order valence-corrected chi connectivity index (χ1v) is 12.4. The van der Waals surface area contributed by atoms with E-state index in [0.29, 0.717) is 18.4 Å². The third kappa shape index (κ3) is 2.81. The Bertz CT molecular complexity index is 1120. The van der Waals surface area contributed by atoms with Crippen LogP contribution in [0, 0.1) is 12.3 Å². The zero-order valence-electron chi connectivity index (χ0n) is 18.6. The highest BCUT2D eigenvalue weighted by Crippen LogP contribution is 2.62. The first kappa shape index (κ1) is 20.3. The average molecular weight is 452 g/mol. The van der Waals surface area contributed by atoms with Crippen molar-refractivity contribution in [1.82, 2.24) is 15.1 Å². The number of amides is 1. The number of nitrogens with zero attached hydrogens (tertiary/aromatic N) is 4. The Morgan fingerprint density at radius 3 is 2.66 bits per heavy atom. The van der Waals surface area contributed by atoms with Gasteiger partial charge in [-0.05, 0) is 74.5 Å². The van der Waals surface area contributed by atoms with Gasteiger partial charge < -0.3 is 10.5 Å². The number of rotatable bonds is 4. The van der Waals surface area contributed by atoms with Crippen molar-refractivity contribution in [3.8, 4) is 0 Å². The lowest BCUT2D eigenvalue weighted by atomic mass is 9.61. The van der Waals surface area contributed by atoms with Crippen LogP contribution in [0.2, 0.25) is 0 Å². The zero-order valence-corrected chi connectivity index (χ0v) is 19.5. The molecule has 1 aliphatic heterocycles. The number of carbonyl (C=O) groups is 1. The van der Waals surface area contributed by atoms with Crippen LogP contribution in [0.5, 0.6) is 0 Å². The van der Waals surface area contributed by atoms with Crippen LogP contribution in [-0.4, -0.2) is 40.2 Å². The van der Waals surface area contributed by atoms with E-state index in [1.807, 2.05) is 6.92 Å². The Labute approximate surface area is 192 Å². The number of aromatic nitrogens is 2. The predicted molar refractivity (Wildman–Crippen MR) is 122 cm³/mol. The van der Waals surface area contributed by atoms with Gasteiger partial charge >= 0.3 is 0 Å². The Morgan fingerprint density at radius 1 is 1.22 bits per heavy atom. The molecule has 1 unspecified atom stereocenters. The molecule has 1 aromatic carbocycles. The standard InChI is InChI=1S/C24H29N5O2S/c1-14-27-28-20(32-14)13-29-21(30)24(26-22(29)25)19-11-16(15-3-4-15)5-6-17(19)12-23(24)9-7-18(31-2)8-10-23/h5-6,11,15,18H,3-4,7-10,12-13H2,1-2H3,(H2,25,26)/t18-,23-,24?. The summed E-state index contributed by atoms with van der Waals surface area (Å²) in [7, 11) is 1.78. The molecule has 0 saturated heterocycles. The topological polar surface area (TPSA) is 93.7 Å². The van der Waals surface area contributed by atoms with Crippen molar-refractivity contribution in [2.24, 2.45) is 16.1 Å². The third-order valence-corrected chi connectivity index (χ3v) is 8.89. The van der Waals surface area contributed by atoms with Gasteiger partial charge in [0.2, 0.25) is 0 Å². The number of aryl methyl sites for hydroxylation is 1. The van der Waals surface area contributed by atoms with Crippen LogP contribution in [0.15, 0.2) is 23.2 Å². The largest absolute Gasteiger partial charge is 0.381 e. The summed E-state index contributed by atoms with van der Waals surface area (Å²) in [5.74, 6) is 0.933. The van der Waals surface area contributed by atoms with Crippen LogP contribution in [0.4, 0.5) is 0 Å². The Kier molecular flexibility index (Phi) is 4.50. The molecule has 3 aliphatic carbocycles. The quantitative estimate of drug-likeness (QED) is 0.769. The highest BCUT2D eigenvalue weighted by Gasteiger charge is 2.66. The van der Waals surface area contributed by atoms with Gasteiger partial charge in [-0.2, -0.15) is 0 Å². The molecule has 2 aromatic rings. The van der Waals surface area contributed by atoms with Gasteiger partial charge in [0.1, 0.15) is 10.0 Å². The molecule has 7 nitrogen and oxygen atoms in total. The van der Waals surface area contributed by atoms with Crippen LogP contribution in [0.3, 0.4) is 0 Å². The minimum Gasteiger partial charge on any atom is -0.381 e. The first-order chi connectivity index (χ1) is 15.5. The normalized spacial score (nSPS) is 31.6. The molecule has 1 atom stereocenters. The van der Waals surface area contributed by atoms with Gasteiger partial charge in [-0.1, -0.05) is 29.5 Å². The summed E-state index contributed by atoms with van der Waals surface area (Å²) < 4.78 is 5.66. The monoisotopic (exact) mass is 451 g/mol. The maximum absolute atomic E-state index is 14.3. The molecule has 1 amide bonds. The van der Waals surface area contributed by atoms with E-state index >= 15 is 0 Å². The SMILES string of the molecule is CO[C@H]1CC[C@]2(CC1)Cc1ccc(C3CC3)cc1C21N=C(N)N(Cc2nnc(C)s2)C1=O. The molecule has 2 spiro atoms. The molecular weight excluding hydrogens is 422 g/mol. The van der Waals surface area contributed by atoms with E-state index in [4.69, 9.17) is 15.5 Å². The van der Waals surface area contributed by atoms with Crippen molar-refractivity contribution in [2.45, 2.75) is 76.0 Å². The molecule has 2 fully saturated rings. The smallest absolute Gasteiger partial charge is 0.262 e. The molecule has 1 aromatic heterocycles. The van der Waals surface area contributed by atoms with Crippen LogP contribution in [0.25, 0.3) is 0 Å². The molecule has 2 N–H and O–H groups in total. The number of guanidine groups is 1. The van der Waals surface area contributed by atoms with Crippen LogP contribution < -0.4 is 5.73 Å². The number of methoxy groups -OCH3 is 1. The lowest BCUT2D eigenvalue weighted by molar-refractivity contribution is -0.138. The summed E-state index contributed by atoms with van der Waals surface area (Å²) in [5.41, 5.74) is 8.97. The average Bonchev–Trinajstić information content (AvgIpc) is 3.45. The van der Waals surface area contributed by atoms with Gasteiger partial charge in [0.05, 0.1) is 12.6 Å². The highest BCUT2D eigenvalue weighted by molar-refractivity contribution is 7.11. The Hall–Kier alpha value is -2.32. The second-order valence-electron chi connectivity index (χ2n) is 9.87. The minimum atomic E-state index is -0.935. The van der Waals surface area contributed by atoms with Gasteiger partial charge in [0.25, 0.3) is 5.91 Å². The van der Waals surface area contributed by atoms with E-state index in [1.54, 1.807) is 12.0 Å². The van der Waals surface area contributed by atoms with Gasteiger partial charge in [-0.25, -0.2) is 4.99 Å². The molecule has 8 heteroatoms. The number of hydrogen-bond donors (Lipinski definition) is 1. The molecule has 0 bridgehead atoms. The summed E-state index contributed by atoms with van der Waals surface area (Å²) in [6.45, 7) is 2.25. The molecule has 2 heterocycles. The predicted octanol–water partition coefficient (Wildman–Crippen LogP) is 3.41. The molecule has 4 aliphatic rings. The van der Waals surface area contributed by atoms with Gasteiger partial charge in [-0.15, -0.1) is 10.2 Å². The lowest BCUT2D eigenvalue weighted by Gasteiger charge is -2.45. The van der Waals surface area contributed by atoms with E-state index in [-0.39, 0.29) is 17.4 Å². The van der Waals surface area contributed by atoms with E-state index in [1.165, 1.54) is 35.3 Å². The fourth-order valence-corrected chi connectivity index (χ4v) is 6.94. The van der Waals surface area contributed by atoms with E-state index in [2.05, 4.69) is 28.4 Å². The number of nitrogens with two attached hydrogens (primary N) is 1. The van der Waals surface area contributed by atoms with Crippen molar-refractivity contribution in [3.05, 3.63) is 44.9 Å². The van der Waals surface area contributed by atoms with E-state index in [9.17, 15) is 4.79 Å². The number of ether oxygens (including phenoxy) is 1. The lowest BCUT2D eigenvalue weighted by Crippen LogP contribution is -2.52. The van der Waals surface area contributed by atoms with Crippen molar-refractivity contribution >= 4 is 23.2 Å². The second-order valence-corrected chi connectivity index (χ2v) is 11.1. The van der Waals surface area contributed by atoms with Crippen molar-refractivity contribution in [1.29, 1.82) is 0 Å². The van der Waals surface area contributed by atoms with E-state index < -0.39 is 5.54 Å². The third-order valence-electron chi connectivity index (χ3n) is 8.07. The van der Waals surface area contributed by atoms with Crippen LogP contribution >= 0.6 is 11.3 Å². The van der Waals surface area contributed by atoms with Crippen molar-refractivity contribution < 1.29 is 9.53 Å². The van der Waals surface area contributed by atoms with Gasteiger partial charge in [0, 0.05) is 12.5 Å². The molecule has 2 saturated carbocycles. The molecular formula is C24H29N5O2S. The van der Waals surface area contributed by atoms with Gasteiger partial charge in [0.15, 0.2) is 11.5 Å². The van der Waals surface area contributed by atoms with Crippen molar-refractivity contribution in [2.75, 3.05) is 7.11 Å². The maximum Gasteiger partial charge on any atom is 0.262 e. The summed E-state index contributed by atoms with van der Waals surface area (Å²) in [5, 5.41) is 10.0.